The van der Waals surface area contributed by atoms with Gasteiger partial charge < -0.3 is 10.2 Å². The molecular weight excluding hydrogens is 188 g/mol. The second kappa shape index (κ2) is 6.52. The van der Waals surface area contributed by atoms with Crippen molar-refractivity contribution in [2.24, 2.45) is 11.7 Å². The van der Waals surface area contributed by atoms with Crippen LogP contribution in [-0.4, -0.2) is 16.2 Å². The number of phenols is 2. The number of hydrogen-bond donors (Lipinski definition) is 6. The molecule has 0 aliphatic heterocycles. The van der Waals surface area contributed by atoms with Crippen LogP contribution in [-0.2, 0) is 0 Å². The summed E-state index contributed by atoms with van der Waals surface area (Å²) in [5.41, 5.74) is 3.48. The Balaban J connectivity index is 0.000000255. The van der Waals surface area contributed by atoms with Crippen molar-refractivity contribution in [1.82, 2.24) is 10.9 Å². The Kier molecular flexibility index (Phi) is 5.59. The number of rotatable bonds is 0. The van der Waals surface area contributed by atoms with Crippen LogP contribution in [0.1, 0.15) is 0 Å². The van der Waals surface area contributed by atoms with Gasteiger partial charge in [0.05, 0.1) is 0 Å². The van der Waals surface area contributed by atoms with Gasteiger partial charge in [-0.05, 0) is 12.1 Å². The fourth-order valence-electron chi connectivity index (χ4n) is 0.535. The van der Waals surface area contributed by atoms with Gasteiger partial charge in [0.2, 0.25) is 0 Å². The van der Waals surface area contributed by atoms with Crippen molar-refractivity contribution in [3.05, 3.63) is 24.3 Å². The summed E-state index contributed by atoms with van der Waals surface area (Å²) in [5.74, 6) is 9.26. The largest absolute Gasteiger partial charge is 0.508 e. The lowest BCUT2D eigenvalue weighted by Gasteiger charge is -1.90. The van der Waals surface area contributed by atoms with E-state index in [4.69, 9.17) is 10.2 Å². The van der Waals surface area contributed by atoms with Gasteiger partial charge in [0, 0.05) is 6.07 Å². The quantitative estimate of drug-likeness (QED) is 0.184. The number of carbonyl (C=O) groups excluding carboxylic acids is 1. The SMILES string of the molecule is NNC(=O)NN.Oc1cccc(O)c1. The second-order valence-electron chi connectivity index (χ2n) is 2.14. The van der Waals surface area contributed by atoms with Crippen LogP contribution in [0.5, 0.6) is 11.5 Å². The molecular formula is C7H12N4O3. The highest BCUT2D eigenvalue weighted by atomic mass is 16.3. The van der Waals surface area contributed by atoms with E-state index in [-0.39, 0.29) is 11.5 Å². The molecule has 78 valence electrons. The van der Waals surface area contributed by atoms with E-state index in [0.717, 1.165) is 0 Å². The third-order valence-corrected chi connectivity index (χ3v) is 1.09. The zero-order chi connectivity index (χ0) is 11.0. The summed E-state index contributed by atoms with van der Waals surface area (Å²) in [6, 6.07) is 5.25. The fourth-order valence-corrected chi connectivity index (χ4v) is 0.535. The lowest BCUT2D eigenvalue weighted by Crippen LogP contribution is -2.43. The molecule has 14 heavy (non-hydrogen) atoms. The van der Waals surface area contributed by atoms with Gasteiger partial charge >= 0.3 is 6.03 Å². The Hall–Kier alpha value is -1.99. The van der Waals surface area contributed by atoms with Crippen molar-refractivity contribution in [3.63, 3.8) is 0 Å². The monoisotopic (exact) mass is 200 g/mol. The minimum atomic E-state index is -0.602. The number of nitrogens with two attached hydrogens (primary N) is 2. The molecule has 0 bridgehead atoms. The van der Waals surface area contributed by atoms with Gasteiger partial charge in [0.25, 0.3) is 0 Å². The summed E-state index contributed by atoms with van der Waals surface area (Å²) in [5, 5.41) is 17.3. The fraction of sp³-hybridized carbons (Fsp3) is 0. The molecule has 0 aliphatic rings. The first-order chi connectivity index (χ1) is 6.60. The van der Waals surface area contributed by atoms with Gasteiger partial charge in [-0.15, -0.1) is 0 Å². The van der Waals surface area contributed by atoms with Crippen LogP contribution >= 0.6 is 0 Å². The molecule has 1 aromatic carbocycles. The highest BCUT2D eigenvalue weighted by Gasteiger charge is 1.85. The first kappa shape index (κ1) is 12.0. The molecule has 0 saturated carbocycles. The lowest BCUT2D eigenvalue weighted by atomic mass is 10.3. The van der Waals surface area contributed by atoms with Crippen molar-refractivity contribution in [1.29, 1.82) is 0 Å². The number of aromatic hydroxyl groups is 2. The summed E-state index contributed by atoms with van der Waals surface area (Å²) in [6.45, 7) is 0. The first-order valence-corrected chi connectivity index (χ1v) is 3.55. The van der Waals surface area contributed by atoms with Crippen molar-refractivity contribution in [2.45, 2.75) is 0 Å². The van der Waals surface area contributed by atoms with Gasteiger partial charge in [-0.3, -0.25) is 10.9 Å². The zero-order valence-electron chi connectivity index (χ0n) is 7.27. The van der Waals surface area contributed by atoms with Gasteiger partial charge in [-0.1, -0.05) is 6.07 Å². The topological polar surface area (TPSA) is 134 Å². The second-order valence-corrected chi connectivity index (χ2v) is 2.14. The maximum Gasteiger partial charge on any atom is 0.343 e. The molecule has 7 nitrogen and oxygen atoms in total. The Morgan fingerprint density at radius 1 is 1.14 bits per heavy atom. The van der Waals surface area contributed by atoms with Crippen LogP contribution in [0.4, 0.5) is 4.79 Å². The number of carbonyl (C=O) groups is 1. The Labute approximate surface area is 80.3 Å². The van der Waals surface area contributed by atoms with E-state index < -0.39 is 6.03 Å². The highest BCUT2D eigenvalue weighted by molar-refractivity contribution is 5.72. The summed E-state index contributed by atoms with van der Waals surface area (Å²) < 4.78 is 0. The number of urea groups is 1. The van der Waals surface area contributed by atoms with Crippen LogP contribution in [0.15, 0.2) is 24.3 Å². The Morgan fingerprint density at radius 2 is 1.57 bits per heavy atom. The number of hydrogen-bond acceptors (Lipinski definition) is 5. The molecule has 7 heteroatoms. The number of phenolic OH excluding ortho intramolecular Hbond substituents is 2. The summed E-state index contributed by atoms with van der Waals surface area (Å²) in [7, 11) is 0. The maximum atomic E-state index is 9.71. The van der Waals surface area contributed by atoms with E-state index in [1.165, 1.54) is 18.2 Å². The molecule has 0 saturated heterocycles. The van der Waals surface area contributed by atoms with Crippen molar-refractivity contribution in [2.75, 3.05) is 0 Å². The molecule has 0 atom stereocenters. The molecule has 0 heterocycles. The minimum absolute atomic E-state index is 0.0880. The molecule has 1 aromatic rings. The Morgan fingerprint density at radius 3 is 1.71 bits per heavy atom. The third kappa shape index (κ3) is 5.63. The molecule has 0 fully saturated rings. The van der Waals surface area contributed by atoms with Gasteiger partial charge in [0.1, 0.15) is 11.5 Å². The molecule has 0 radical (unpaired) electrons. The molecule has 1 rings (SSSR count). The molecule has 0 unspecified atom stereocenters. The maximum absolute atomic E-state index is 9.71. The van der Waals surface area contributed by atoms with Gasteiger partial charge in [-0.2, -0.15) is 0 Å². The van der Waals surface area contributed by atoms with Crippen molar-refractivity contribution < 1.29 is 15.0 Å². The standard InChI is InChI=1S/C6H6O2.CH6N4O/c7-5-2-1-3-6(8)4-5;2-4-1(6)5-3/h1-4,7-8H;2-3H2,(H2,4,5,6). The van der Waals surface area contributed by atoms with Crippen LogP contribution < -0.4 is 22.5 Å². The number of nitrogens with one attached hydrogen (secondary N) is 2. The van der Waals surface area contributed by atoms with Crippen molar-refractivity contribution >= 4 is 6.03 Å². The number of benzene rings is 1. The predicted molar refractivity (Wildman–Crippen MR) is 49.8 cm³/mol. The average molecular weight is 200 g/mol. The summed E-state index contributed by atoms with van der Waals surface area (Å²) in [4.78, 5) is 9.71. The van der Waals surface area contributed by atoms with Crippen molar-refractivity contribution in [3.8, 4) is 11.5 Å². The molecule has 8 N–H and O–H groups in total. The van der Waals surface area contributed by atoms with E-state index >= 15 is 0 Å². The normalized spacial score (nSPS) is 8.14. The summed E-state index contributed by atoms with van der Waals surface area (Å²) >= 11 is 0. The van der Waals surface area contributed by atoms with E-state index in [2.05, 4.69) is 11.7 Å². The average Bonchev–Trinajstić information content (AvgIpc) is 2.17. The molecule has 2 amide bonds. The van der Waals surface area contributed by atoms with E-state index in [1.54, 1.807) is 16.9 Å². The van der Waals surface area contributed by atoms with E-state index in [9.17, 15) is 4.79 Å². The Bertz CT molecular complexity index is 269. The molecule has 0 aliphatic carbocycles. The van der Waals surface area contributed by atoms with E-state index in [0.29, 0.717) is 0 Å². The van der Waals surface area contributed by atoms with Crippen LogP contribution in [0.3, 0.4) is 0 Å². The van der Waals surface area contributed by atoms with Gasteiger partial charge in [0.15, 0.2) is 0 Å². The van der Waals surface area contributed by atoms with Crippen LogP contribution in [0.2, 0.25) is 0 Å². The molecule has 0 aromatic heterocycles. The lowest BCUT2D eigenvalue weighted by molar-refractivity contribution is 0.241. The smallest absolute Gasteiger partial charge is 0.343 e. The number of hydrazine groups is 2. The minimum Gasteiger partial charge on any atom is -0.508 e. The third-order valence-electron chi connectivity index (χ3n) is 1.09. The first-order valence-electron chi connectivity index (χ1n) is 3.55. The summed E-state index contributed by atoms with van der Waals surface area (Å²) in [6.07, 6.45) is 0. The highest BCUT2D eigenvalue weighted by Crippen LogP contribution is 2.14. The van der Waals surface area contributed by atoms with E-state index in [1.807, 2.05) is 0 Å². The van der Waals surface area contributed by atoms with Crippen LogP contribution in [0.25, 0.3) is 0 Å². The predicted octanol–water partition coefficient (Wildman–Crippen LogP) is -0.869. The zero-order valence-corrected chi connectivity index (χ0v) is 7.27. The molecule has 0 spiro atoms. The number of amides is 2. The van der Waals surface area contributed by atoms with Gasteiger partial charge in [-0.25, -0.2) is 16.5 Å². The van der Waals surface area contributed by atoms with Crippen LogP contribution in [0, 0.1) is 0 Å².